The highest BCUT2D eigenvalue weighted by Gasteiger charge is 2.12. The summed E-state index contributed by atoms with van der Waals surface area (Å²) in [7, 11) is 0. The molecule has 0 radical (unpaired) electrons. The second-order valence-corrected chi connectivity index (χ2v) is 2.36. The summed E-state index contributed by atoms with van der Waals surface area (Å²) in [5.74, 6) is 0.165. The van der Waals surface area contributed by atoms with Gasteiger partial charge in [0.15, 0.2) is 0 Å². The van der Waals surface area contributed by atoms with Gasteiger partial charge in [-0.2, -0.15) is 0 Å². The van der Waals surface area contributed by atoms with E-state index in [1.807, 2.05) is 19.1 Å². The minimum atomic E-state index is -0.0926. The summed E-state index contributed by atoms with van der Waals surface area (Å²) in [6.45, 7) is 5.39. The Hall–Kier alpha value is -1.18. The van der Waals surface area contributed by atoms with Crippen molar-refractivity contribution in [2.75, 3.05) is 0 Å². The van der Waals surface area contributed by atoms with Gasteiger partial charge in [-0.15, -0.1) is 0 Å². The number of aliphatic hydroxyl groups is 1. The van der Waals surface area contributed by atoms with Crippen molar-refractivity contribution in [1.82, 2.24) is 5.32 Å². The molecule has 1 rings (SSSR count). The zero-order valence-corrected chi connectivity index (χ0v) is 5.96. The maximum atomic E-state index is 9.02. The van der Waals surface area contributed by atoms with Crippen LogP contribution in [0.25, 0.3) is 0 Å². The lowest BCUT2D eigenvalue weighted by atomic mass is 10.1. The molecule has 54 valence electrons. The molecule has 0 aromatic rings. The second-order valence-electron chi connectivity index (χ2n) is 2.36. The molecule has 1 atom stereocenters. The van der Waals surface area contributed by atoms with Gasteiger partial charge < -0.3 is 10.4 Å². The molecular formula is C8H11NO. The fourth-order valence-corrected chi connectivity index (χ4v) is 0.938. The van der Waals surface area contributed by atoms with Crippen LogP contribution in [0.1, 0.15) is 6.92 Å². The predicted molar refractivity (Wildman–Crippen MR) is 41.6 cm³/mol. The first-order valence-electron chi connectivity index (χ1n) is 3.19. The molecule has 0 fully saturated rings. The second kappa shape index (κ2) is 2.60. The van der Waals surface area contributed by atoms with Gasteiger partial charge in [0.1, 0.15) is 11.8 Å². The van der Waals surface area contributed by atoms with Crippen LogP contribution in [0.3, 0.4) is 0 Å². The lowest BCUT2D eigenvalue weighted by Gasteiger charge is -2.18. The fourth-order valence-electron chi connectivity index (χ4n) is 0.938. The van der Waals surface area contributed by atoms with Crippen LogP contribution in [0.5, 0.6) is 0 Å². The van der Waals surface area contributed by atoms with E-state index in [1.54, 1.807) is 6.20 Å². The number of nitrogens with one attached hydrogen (secondary N) is 1. The van der Waals surface area contributed by atoms with Crippen LogP contribution < -0.4 is 5.32 Å². The van der Waals surface area contributed by atoms with Gasteiger partial charge in [-0.3, -0.25) is 0 Å². The molecule has 10 heavy (non-hydrogen) atoms. The standard InChI is InChI=1S/C8H11NO/c1-6-4-3-5-9-8(6)7(2)10/h3-5,8-10H,2H2,1H3. The zero-order valence-electron chi connectivity index (χ0n) is 5.96. The SMILES string of the molecule is C=C(O)C1NC=CC=C1C. The normalized spacial score (nSPS) is 23.3. The average molecular weight is 137 g/mol. The highest BCUT2D eigenvalue weighted by atomic mass is 16.3. The van der Waals surface area contributed by atoms with Gasteiger partial charge >= 0.3 is 0 Å². The highest BCUT2D eigenvalue weighted by molar-refractivity contribution is 5.27. The maximum Gasteiger partial charge on any atom is 0.112 e. The van der Waals surface area contributed by atoms with Gasteiger partial charge in [0.25, 0.3) is 0 Å². The van der Waals surface area contributed by atoms with Crippen LogP contribution in [0, 0.1) is 0 Å². The van der Waals surface area contributed by atoms with Gasteiger partial charge in [-0.05, 0) is 24.8 Å². The number of allylic oxidation sites excluding steroid dienone is 2. The highest BCUT2D eigenvalue weighted by Crippen LogP contribution is 2.10. The van der Waals surface area contributed by atoms with E-state index in [9.17, 15) is 0 Å². The lowest BCUT2D eigenvalue weighted by molar-refractivity contribution is 0.369. The molecule has 0 spiro atoms. The Kier molecular flexibility index (Phi) is 1.81. The van der Waals surface area contributed by atoms with Crippen molar-refractivity contribution in [1.29, 1.82) is 0 Å². The molecule has 0 saturated carbocycles. The summed E-state index contributed by atoms with van der Waals surface area (Å²) < 4.78 is 0. The van der Waals surface area contributed by atoms with E-state index >= 15 is 0 Å². The van der Waals surface area contributed by atoms with Crippen molar-refractivity contribution in [3.8, 4) is 0 Å². The van der Waals surface area contributed by atoms with E-state index in [4.69, 9.17) is 5.11 Å². The summed E-state index contributed by atoms with van der Waals surface area (Å²) in [5.41, 5.74) is 1.08. The summed E-state index contributed by atoms with van der Waals surface area (Å²) >= 11 is 0. The van der Waals surface area contributed by atoms with Crippen molar-refractivity contribution in [2.24, 2.45) is 0 Å². The zero-order chi connectivity index (χ0) is 7.56. The first-order chi connectivity index (χ1) is 4.72. The topological polar surface area (TPSA) is 32.3 Å². The Morgan fingerprint density at radius 3 is 2.90 bits per heavy atom. The number of rotatable bonds is 1. The molecule has 1 unspecified atom stereocenters. The van der Waals surface area contributed by atoms with E-state index in [0.717, 1.165) is 5.57 Å². The van der Waals surface area contributed by atoms with Gasteiger partial charge in [0, 0.05) is 0 Å². The van der Waals surface area contributed by atoms with Crippen molar-refractivity contribution >= 4 is 0 Å². The summed E-state index contributed by atoms with van der Waals surface area (Å²) in [4.78, 5) is 0. The van der Waals surface area contributed by atoms with Crippen LogP contribution in [-0.2, 0) is 0 Å². The molecule has 2 nitrogen and oxygen atoms in total. The smallest absolute Gasteiger partial charge is 0.112 e. The third-order valence-electron chi connectivity index (χ3n) is 1.51. The van der Waals surface area contributed by atoms with E-state index in [1.165, 1.54) is 0 Å². The molecule has 0 aromatic carbocycles. The van der Waals surface area contributed by atoms with E-state index in [2.05, 4.69) is 11.9 Å². The van der Waals surface area contributed by atoms with Crippen molar-refractivity contribution in [3.05, 3.63) is 36.3 Å². The van der Waals surface area contributed by atoms with E-state index < -0.39 is 0 Å². The molecule has 0 aromatic heterocycles. The maximum absolute atomic E-state index is 9.02. The third-order valence-corrected chi connectivity index (χ3v) is 1.51. The Morgan fingerprint density at radius 1 is 1.80 bits per heavy atom. The Balaban J connectivity index is 2.73. The van der Waals surface area contributed by atoms with Crippen LogP contribution in [0.2, 0.25) is 0 Å². The summed E-state index contributed by atoms with van der Waals surface area (Å²) in [5, 5.41) is 12.0. The Bertz CT molecular complexity index is 203. The Morgan fingerprint density at radius 2 is 2.50 bits per heavy atom. The molecule has 0 amide bonds. The van der Waals surface area contributed by atoms with E-state index in [-0.39, 0.29) is 11.8 Å². The number of hydrogen-bond acceptors (Lipinski definition) is 2. The molecule has 1 heterocycles. The Labute approximate surface area is 60.6 Å². The van der Waals surface area contributed by atoms with Crippen LogP contribution >= 0.6 is 0 Å². The van der Waals surface area contributed by atoms with Crippen LogP contribution in [-0.4, -0.2) is 11.1 Å². The largest absolute Gasteiger partial charge is 0.510 e. The van der Waals surface area contributed by atoms with Gasteiger partial charge in [-0.25, -0.2) is 0 Å². The number of hydrogen-bond donors (Lipinski definition) is 2. The molecule has 0 aliphatic carbocycles. The molecule has 2 N–H and O–H groups in total. The molecule has 2 heteroatoms. The van der Waals surface area contributed by atoms with E-state index in [0.29, 0.717) is 0 Å². The minimum Gasteiger partial charge on any atom is -0.510 e. The van der Waals surface area contributed by atoms with Crippen molar-refractivity contribution in [3.63, 3.8) is 0 Å². The van der Waals surface area contributed by atoms with Crippen LogP contribution in [0.15, 0.2) is 36.3 Å². The first-order valence-corrected chi connectivity index (χ1v) is 3.19. The lowest BCUT2D eigenvalue weighted by Crippen LogP contribution is -2.28. The monoisotopic (exact) mass is 137 g/mol. The van der Waals surface area contributed by atoms with Gasteiger partial charge in [-0.1, -0.05) is 12.7 Å². The number of dihydropyridines is 1. The molecular weight excluding hydrogens is 126 g/mol. The first kappa shape index (κ1) is 6.93. The van der Waals surface area contributed by atoms with Crippen LogP contribution in [0.4, 0.5) is 0 Å². The van der Waals surface area contributed by atoms with Crippen molar-refractivity contribution in [2.45, 2.75) is 13.0 Å². The third kappa shape index (κ3) is 1.21. The molecule has 1 aliphatic rings. The van der Waals surface area contributed by atoms with Gasteiger partial charge in [0.2, 0.25) is 0 Å². The fraction of sp³-hybridized carbons (Fsp3) is 0.250. The average Bonchev–Trinajstić information content (AvgIpc) is 1.88. The minimum absolute atomic E-state index is 0.0926. The predicted octanol–water partition coefficient (Wildman–Crippen LogP) is 1.49. The quantitative estimate of drug-likeness (QED) is 0.537. The van der Waals surface area contributed by atoms with Gasteiger partial charge in [0.05, 0.1) is 0 Å². The molecule has 1 aliphatic heterocycles. The molecule has 0 saturated heterocycles. The molecule has 0 bridgehead atoms. The number of aliphatic hydroxyl groups excluding tert-OH is 1. The summed E-state index contributed by atoms with van der Waals surface area (Å²) in [6, 6.07) is -0.0926. The summed E-state index contributed by atoms with van der Waals surface area (Å²) in [6.07, 6.45) is 5.64. The van der Waals surface area contributed by atoms with Crippen molar-refractivity contribution < 1.29 is 5.11 Å².